The smallest absolute Gasteiger partial charge is 0.235 e. The summed E-state index contributed by atoms with van der Waals surface area (Å²) < 4.78 is 11.9. The van der Waals surface area contributed by atoms with Crippen LogP contribution in [0, 0.1) is 11.8 Å². The van der Waals surface area contributed by atoms with Crippen LogP contribution in [0.3, 0.4) is 0 Å². The number of carbonyl (C=O) groups excluding carboxylic acids is 2. The molecule has 2 aliphatic heterocycles. The van der Waals surface area contributed by atoms with E-state index in [4.69, 9.17) is 9.47 Å². The molecule has 1 aliphatic carbocycles. The fourth-order valence-corrected chi connectivity index (χ4v) is 5.51. The largest absolute Gasteiger partial charge is 0.495 e. The Bertz CT molecular complexity index is 991. The normalized spacial score (nSPS) is 29.6. The molecule has 30 heavy (non-hydrogen) atoms. The van der Waals surface area contributed by atoms with E-state index < -0.39 is 11.6 Å². The number of benzene rings is 2. The van der Waals surface area contributed by atoms with Crippen LogP contribution in [0.15, 0.2) is 48.5 Å². The van der Waals surface area contributed by atoms with Gasteiger partial charge >= 0.3 is 0 Å². The Kier molecular flexibility index (Phi) is 4.74. The van der Waals surface area contributed by atoms with E-state index in [1.54, 1.807) is 19.2 Å². The van der Waals surface area contributed by atoms with Crippen LogP contribution in [0.5, 0.6) is 11.5 Å². The van der Waals surface area contributed by atoms with Crippen LogP contribution in [-0.2, 0) is 9.59 Å². The lowest BCUT2D eigenvalue weighted by Crippen LogP contribution is -2.60. The quantitative estimate of drug-likeness (QED) is 0.763. The van der Waals surface area contributed by atoms with E-state index in [9.17, 15) is 9.59 Å². The summed E-state index contributed by atoms with van der Waals surface area (Å²) in [6.07, 6.45) is 3.89. The molecule has 2 aromatic carbocycles. The summed E-state index contributed by atoms with van der Waals surface area (Å²) in [5.41, 5.74) is 0.953. The van der Waals surface area contributed by atoms with Gasteiger partial charge in [0.25, 0.3) is 0 Å². The molecule has 1 saturated carbocycles. The predicted octanol–water partition coefficient (Wildman–Crippen LogP) is 3.48. The molecule has 2 N–H and O–H groups in total. The van der Waals surface area contributed by atoms with E-state index in [2.05, 4.69) is 10.6 Å². The molecular weight excluding hydrogens is 380 g/mol. The molecule has 1 amide bonds. The minimum atomic E-state index is -0.780. The molecule has 6 heteroatoms. The maximum absolute atomic E-state index is 13.5. The van der Waals surface area contributed by atoms with E-state index in [0.717, 1.165) is 37.0 Å². The maximum Gasteiger partial charge on any atom is 0.235 e. The van der Waals surface area contributed by atoms with Gasteiger partial charge in [0, 0.05) is 18.3 Å². The van der Waals surface area contributed by atoms with Gasteiger partial charge in [-0.3, -0.25) is 14.9 Å². The first kappa shape index (κ1) is 19.1. The van der Waals surface area contributed by atoms with E-state index >= 15 is 0 Å². The molecule has 3 aliphatic rings. The van der Waals surface area contributed by atoms with Crippen molar-refractivity contribution in [2.45, 2.75) is 37.3 Å². The lowest BCUT2D eigenvalue weighted by molar-refractivity contribution is -0.132. The number of methoxy groups -OCH3 is 1. The highest BCUT2D eigenvalue weighted by atomic mass is 16.5. The molecule has 0 unspecified atom stereocenters. The highest BCUT2D eigenvalue weighted by Crippen LogP contribution is 2.54. The number of ether oxygens (including phenoxy) is 2. The van der Waals surface area contributed by atoms with Gasteiger partial charge in [0.1, 0.15) is 17.4 Å². The number of amides is 1. The highest BCUT2D eigenvalue weighted by Gasteiger charge is 2.57. The maximum atomic E-state index is 13.5. The summed E-state index contributed by atoms with van der Waals surface area (Å²) in [5.74, 6) is 0.0455. The van der Waals surface area contributed by atoms with E-state index in [1.807, 2.05) is 36.4 Å². The van der Waals surface area contributed by atoms with Crippen LogP contribution < -0.4 is 20.1 Å². The number of para-hydroxylation sites is 3. The molecular formula is C24H26N2O4. The Balaban J connectivity index is 1.58. The minimum Gasteiger partial charge on any atom is -0.495 e. The predicted molar refractivity (Wildman–Crippen MR) is 113 cm³/mol. The lowest BCUT2D eigenvalue weighted by atomic mass is 9.65. The van der Waals surface area contributed by atoms with Gasteiger partial charge in [-0.25, -0.2) is 0 Å². The number of nitrogens with one attached hydrogen (secondary N) is 2. The fourth-order valence-electron chi connectivity index (χ4n) is 5.51. The number of anilines is 1. The third-order valence-corrected chi connectivity index (χ3v) is 6.83. The zero-order valence-electron chi connectivity index (χ0n) is 17.0. The van der Waals surface area contributed by atoms with Crippen LogP contribution in [0.25, 0.3) is 0 Å². The second-order valence-corrected chi connectivity index (χ2v) is 8.39. The van der Waals surface area contributed by atoms with Gasteiger partial charge in [-0.1, -0.05) is 36.8 Å². The van der Waals surface area contributed by atoms with Crippen molar-refractivity contribution in [2.24, 2.45) is 11.8 Å². The van der Waals surface area contributed by atoms with Crippen LogP contribution in [0.1, 0.15) is 37.2 Å². The lowest BCUT2D eigenvalue weighted by Gasteiger charge is -2.50. The number of Topliss-reactive ketones (excluding diaryl/α,β-unsaturated/α-hetero) is 1. The third-order valence-electron chi connectivity index (χ3n) is 6.83. The van der Waals surface area contributed by atoms with Crippen molar-refractivity contribution < 1.29 is 19.1 Å². The van der Waals surface area contributed by atoms with Crippen molar-refractivity contribution in [3.05, 3.63) is 54.1 Å². The number of hydrogen-bond donors (Lipinski definition) is 2. The summed E-state index contributed by atoms with van der Waals surface area (Å²) in [6.45, 7) is 0.130. The van der Waals surface area contributed by atoms with Crippen LogP contribution in [0.2, 0.25) is 0 Å². The van der Waals surface area contributed by atoms with Crippen molar-refractivity contribution in [2.75, 3.05) is 19.0 Å². The summed E-state index contributed by atoms with van der Waals surface area (Å²) in [4.78, 5) is 26.8. The summed E-state index contributed by atoms with van der Waals surface area (Å²) in [6, 6.07) is 15.1. The standard InChI is InChI=1S/C24H26N2O4/c1-29-20-12-5-3-10-17(20)26-23(28)22-18(27)14-25-24-13-7-6-9-16(24)21(22)15-8-2-4-11-19(15)30-24/h2-5,8,10-12,16,21-22,25H,6-7,9,13-14H2,1H3,(H,26,28)/t16-,21+,22-,24+/m0/s1. The molecule has 2 bridgehead atoms. The Morgan fingerprint density at radius 1 is 1.17 bits per heavy atom. The molecule has 1 saturated heterocycles. The van der Waals surface area contributed by atoms with Gasteiger partial charge in [0.05, 0.1) is 19.3 Å². The van der Waals surface area contributed by atoms with Gasteiger partial charge in [-0.2, -0.15) is 0 Å². The number of carbonyl (C=O) groups is 2. The second kappa shape index (κ2) is 7.43. The van der Waals surface area contributed by atoms with E-state index in [-0.39, 0.29) is 30.1 Å². The van der Waals surface area contributed by atoms with Crippen molar-refractivity contribution in [1.82, 2.24) is 5.32 Å². The molecule has 0 radical (unpaired) electrons. The molecule has 0 spiro atoms. The zero-order chi connectivity index (χ0) is 20.7. The molecule has 2 heterocycles. The first-order valence-electron chi connectivity index (χ1n) is 10.6. The molecule has 5 rings (SSSR count). The zero-order valence-corrected chi connectivity index (χ0v) is 17.0. The first-order chi connectivity index (χ1) is 14.6. The second-order valence-electron chi connectivity index (χ2n) is 8.39. The molecule has 2 aromatic rings. The molecule has 156 valence electrons. The Morgan fingerprint density at radius 3 is 2.83 bits per heavy atom. The van der Waals surface area contributed by atoms with Gasteiger partial charge in [-0.05, 0) is 36.6 Å². The van der Waals surface area contributed by atoms with Crippen LogP contribution >= 0.6 is 0 Å². The van der Waals surface area contributed by atoms with Crippen molar-refractivity contribution in [3.8, 4) is 11.5 Å². The average molecular weight is 406 g/mol. The topological polar surface area (TPSA) is 76.7 Å². The fraction of sp³-hybridized carbons (Fsp3) is 0.417. The van der Waals surface area contributed by atoms with E-state index in [0.29, 0.717) is 11.4 Å². The Hall–Kier alpha value is -2.86. The first-order valence-corrected chi connectivity index (χ1v) is 10.6. The third kappa shape index (κ3) is 2.98. The number of fused-ring (bicyclic) bond motifs is 2. The average Bonchev–Trinajstić information content (AvgIpc) is 2.86. The Labute approximate surface area is 176 Å². The van der Waals surface area contributed by atoms with Gasteiger partial charge < -0.3 is 14.8 Å². The van der Waals surface area contributed by atoms with Gasteiger partial charge in [0.2, 0.25) is 5.91 Å². The highest BCUT2D eigenvalue weighted by molar-refractivity contribution is 6.09. The molecule has 0 aromatic heterocycles. The summed E-state index contributed by atoms with van der Waals surface area (Å²) in [5, 5.41) is 6.38. The monoisotopic (exact) mass is 406 g/mol. The summed E-state index contributed by atoms with van der Waals surface area (Å²) >= 11 is 0. The molecule has 6 nitrogen and oxygen atoms in total. The number of rotatable bonds is 3. The van der Waals surface area contributed by atoms with Gasteiger partial charge in [0.15, 0.2) is 11.5 Å². The van der Waals surface area contributed by atoms with Crippen molar-refractivity contribution in [1.29, 1.82) is 0 Å². The number of ketones is 1. The van der Waals surface area contributed by atoms with Crippen LogP contribution in [0.4, 0.5) is 5.69 Å². The number of hydrogen-bond acceptors (Lipinski definition) is 5. The Morgan fingerprint density at radius 2 is 1.97 bits per heavy atom. The van der Waals surface area contributed by atoms with Crippen molar-refractivity contribution >= 4 is 17.4 Å². The summed E-state index contributed by atoms with van der Waals surface area (Å²) in [7, 11) is 1.57. The molecule has 4 atom stereocenters. The molecule has 2 fully saturated rings. The van der Waals surface area contributed by atoms with Gasteiger partial charge in [-0.15, -0.1) is 0 Å². The minimum absolute atomic E-state index is 0.0704. The SMILES string of the molecule is COc1ccccc1NC(=O)[C@H]1C(=O)CN[C@@]23CCCC[C@H]2[C@H]1c1ccccc1O3. The van der Waals surface area contributed by atoms with Crippen LogP contribution in [-0.4, -0.2) is 31.1 Å². The van der Waals surface area contributed by atoms with Crippen molar-refractivity contribution in [3.63, 3.8) is 0 Å². The van der Waals surface area contributed by atoms with E-state index in [1.165, 1.54) is 0 Å².